The maximum atomic E-state index is 12.4. The summed E-state index contributed by atoms with van der Waals surface area (Å²) in [5.74, 6) is -0.315. The van der Waals surface area contributed by atoms with Crippen molar-refractivity contribution in [2.45, 2.75) is 38.4 Å². The summed E-state index contributed by atoms with van der Waals surface area (Å²) in [5, 5.41) is 11.9. The summed E-state index contributed by atoms with van der Waals surface area (Å²) >= 11 is 0. The predicted octanol–water partition coefficient (Wildman–Crippen LogP) is 1.62. The van der Waals surface area contributed by atoms with Crippen molar-refractivity contribution in [2.24, 2.45) is 5.92 Å². The molecule has 0 aromatic rings. The lowest BCUT2D eigenvalue weighted by Crippen LogP contribution is -2.50. The van der Waals surface area contributed by atoms with Gasteiger partial charge in [-0.3, -0.25) is 0 Å². The number of alkyl halides is 3. The fraction of sp³-hybridized carbons (Fsp3) is 1.00. The standard InChI is InChI=1S/C12H23F3N2O/c1-2-17-8-10(7-12(13,14)15)6-11(9-17)16-4-3-5-18/h10-11,16,18H,2-9H2,1H3. The Morgan fingerprint density at radius 2 is 2.06 bits per heavy atom. The second kappa shape index (κ2) is 7.31. The Balaban J connectivity index is 2.44. The van der Waals surface area contributed by atoms with Gasteiger partial charge in [0.15, 0.2) is 0 Å². The van der Waals surface area contributed by atoms with Crippen molar-refractivity contribution >= 4 is 0 Å². The molecule has 3 nitrogen and oxygen atoms in total. The predicted molar refractivity (Wildman–Crippen MR) is 64.4 cm³/mol. The number of hydrogen-bond acceptors (Lipinski definition) is 3. The molecule has 0 aliphatic carbocycles. The second-order valence-electron chi connectivity index (χ2n) is 5.00. The first-order valence-electron chi connectivity index (χ1n) is 6.58. The van der Waals surface area contributed by atoms with Crippen molar-refractivity contribution in [1.82, 2.24) is 10.2 Å². The Labute approximate surface area is 106 Å². The van der Waals surface area contributed by atoms with E-state index in [1.807, 2.05) is 6.92 Å². The summed E-state index contributed by atoms with van der Waals surface area (Å²) < 4.78 is 37.3. The number of rotatable bonds is 6. The van der Waals surface area contributed by atoms with E-state index in [4.69, 9.17) is 5.11 Å². The molecule has 2 unspecified atom stereocenters. The van der Waals surface area contributed by atoms with Gasteiger partial charge in [0.2, 0.25) is 0 Å². The molecule has 1 aliphatic rings. The fourth-order valence-corrected chi connectivity index (χ4v) is 2.57. The summed E-state index contributed by atoms with van der Waals surface area (Å²) in [6.45, 7) is 4.87. The van der Waals surface area contributed by atoms with Crippen LogP contribution in [0.5, 0.6) is 0 Å². The highest BCUT2D eigenvalue weighted by Crippen LogP contribution is 2.30. The van der Waals surface area contributed by atoms with Gasteiger partial charge in [0, 0.05) is 32.2 Å². The Morgan fingerprint density at radius 3 is 2.61 bits per heavy atom. The van der Waals surface area contributed by atoms with Crippen molar-refractivity contribution in [3.63, 3.8) is 0 Å². The molecular weight excluding hydrogens is 245 g/mol. The van der Waals surface area contributed by atoms with Gasteiger partial charge in [-0.05, 0) is 31.8 Å². The molecule has 0 bridgehead atoms. The van der Waals surface area contributed by atoms with Gasteiger partial charge in [-0.1, -0.05) is 6.92 Å². The van der Waals surface area contributed by atoms with E-state index in [9.17, 15) is 13.2 Å². The van der Waals surface area contributed by atoms with Gasteiger partial charge in [0.05, 0.1) is 0 Å². The second-order valence-corrected chi connectivity index (χ2v) is 5.00. The van der Waals surface area contributed by atoms with Gasteiger partial charge in [-0.15, -0.1) is 0 Å². The zero-order valence-corrected chi connectivity index (χ0v) is 10.8. The van der Waals surface area contributed by atoms with Gasteiger partial charge < -0.3 is 15.3 Å². The zero-order valence-electron chi connectivity index (χ0n) is 10.8. The van der Waals surface area contributed by atoms with Gasteiger partial charge in [-0.2, -0.15) is 13.2 Å². The van der Waals surface area contributed by atoms with E-state index >= 15 is 0 Å². The van der Waals surface area contributed by atoms with E-state index in [-0.39, 0.29) is 18.6 Å². The molecule has 1 aliphatic heterocycles. The van der Waals surface area contributed by atoms with Crippen LogP contribution in [0.4, 0.5) is 13.2 Å². The third kappa shape index (κ3) is 6.02. The number of halogens is 3. The molecule has 18 heavy (non-hydrogen) atoms. The topological polar surface area (TPSA) is 35.5 Å². The minimum absolute atomic E-state index is 0.109. The Hall–Kier alpha value is -0.330. The Bertz CT molecular complexity index is 236. The number of likely N-dealkylation sites (tertiary alicyclic amines) is 1. The Kier molecular flexibility index (Phi) is 6.38. The molecule has 1 saturated heterocycles. The molecule has 1 fully saturated rings. The molecule has 0 aromatic carbocycles. The van der Waals surface area contributed by atoms with Gasteiger partial charge in [0.25, 0.3) is 0 Å². The third-order valence-electron chi connectivity index (χ3n) is 3.35. The summed E-state index contributed by atoms with van der Waals surface area (Å²) in [6, 6.07) is 0.109. The van der Waals surface area contributed by atoms with Crippen LogP contribution in [0, 0.1) is 5.92 Å². The van der Waals surface area contributed by atoms with Crippen molar-refractivity contribution in [3.05, 3.63) is 0 Å². The lowest BCUT2D eigenvalue weighted by Gasteiger charge is -2.38. The average molecular weight is 268 g/mol. The summed E-state index contributed by atoms with van der Waals surface area (Å²) in [7, 11) is 0. The number of nitrogens with one attached hydrogen (secondary N) is 1. The molecular formula is C12H23F3N2O. The maximum absolute atomic E-state index is 12.4. The number of nitrogens with zero attached hydrogens (tertiary/aromatic N) is 1. The third-order valence-corrected chi connectivity index (χ3v) is 3.35. The summed E-state index contributed by atoms with van der Waals surface area (Å²) in [5.41, 5.74) is 0. The Morgan fingerprint density at radius 1 is 1.33 bits per heavy atom. The minimum Gasteiger partial charge on any atom is -0.396 e. The molecule has 0 amide bonds. The fourth-order valence-electron chi connectivity index (χ4n) is 2.57. The van der Waals surface area contributed by atoms with Crippen LogP contribution < -0.4 is 5.32 Å². The van der Waals surface area contributed by atoms with Gasteiger partial charge in [-0.25, -0.2) is 0 Å². The highest BCUT2D eigenvalue weighted by molar-refractivity contribution is 4.84. The van der Waals surface area contributed by atoms with Crippen LogP contribution in [0.1, 0.15) is 26.2 Å². The van der Waals surface area contributed by atoms with Crippen LogP contribution in [0.2, 0.25) is 0 Å². The molecule has 2 atom stereocenters. The van der Waals surface area contributed by atoms with E-state index in [1.165, 1.54) is 0 Å². The smallest absolute Gasteiger partial charge is 0.389 e. The number of piperidine rings is 1. The quantitative estimate of drug-likeness (QED) is 0.719. The number of aliphatic hydroxyl groups is 1. The van der Waals surface area contributed by atoms with E-state index in [0.29, 0.717) is 25.9 Å². The largest absolute Gasteiger partial charge is 0.396 e. The molecule has 0 spiro atoms. The van der Waals surface area contributed by atoms with E-state index in [0.717, 1.165) is 13.1 Å². The molecule has 0 saturated carbocycles. The monoisotopic (exact) mass is 268 g/mol. The van der Waals surface area contributed by atoms with Crippen LogP contribution in [0.15, 0.2) is 0 Å². The van der Waals surface area contributed by atoms with Crippen LogP contribution in [-0.4, -0.2) is 55.0 Å². The lowest BCUT2D eigenvalue weighted by atomic mass is 9.91. The van der Waals surface area contributed by atoms with Crippen LogP contribution in [0.25, 0.3) is 0 Å². The maximum Gasteiger partial charge on any atom is 0.389 e. The summed E-state index contributed by atoms with van der Waals surface area (Å²) in [4.78, 5) is 2.07. The first-order valence-corrected chi connectivity index (χ1v) is 6.58. The van der Waals surface area contributed by atoms with Crippen molar-refractivity contribution < 1.29 is 18.3 Å². The first kappa shape index (κ1) is 15.7. The lowest BCUT2D eigenvalue weighted by molar-refractivity contribution is -0.148. The van der Waals surface area contributed by atoms with E-state index in [2.05, 4.69) is 10.2 Å². The van der Waals surface area contributed by atoms with Gasteiger partial charge >= 0.3 is 6.18 Å². The number of likely N-dealkylation sites (N-methyl/N-ethyl adjacent to an activating group) is 1. The molecule has 2 N–H and O–H groups in total. The van der Waals surface area contributed by atoms with Crippen LogP contribution in [0.3, 0.4) is 0 Å². The number of hydrogen-bond donors (Lipinski definition) is 2. The normalized spacial score (nSPS) is 26.5. The molecule has 6 heteroatoms. The van der Waals surface area contributed by atoms with Gasteiger partial charge in [0.1, 0.15) is 0 Å². The van der Waals surface area contributed by atoms with E-state index < -0.39 is 12.6 Å². The van der Waals surface area contributed by atoms with Crippen molar-refractivity contribution in [2.75, 3.05) is 32.8 Å². The van der Waals surface area contributed by atoms with Crippen molar-refractivity contribution in [1.29, 1.82) is 0 Å². The minimum atomic E-state index is -4.07. The molecule has 1 heterocycles. The molecule has 108 valence electrons. The van der Waals surface area contributed by atoms with Crippen LogP contribution in [-0.2, 0) is 0 Å². The van der Waals surface area contributed by atoms with Crippen molar-refractivity contribution in [3.8, 4) is 0 Å². The molecule has 0 radical (unpaired) electrons. The highest BCUT2D eigenvalue weighted by Gasteiger charge is 2.36. The SMILES string of the molecule is CCN1CC(CC(F)(F)F)CC(NCCCO)C1. The molecule has 1 rings (SSSR count). The summed E-state index contributed by atoms with van der Waals surface area (Å²) in [6.07, 6.45) is -3.55. The molecule has 0 aromatic heterocycles. The first-order chi connectivity index (χ1) is 8.44. The average Bonchev–Trinajstić information content (AvgIpc) is 2.26. The number of aliphatic hydroxyl groups excluding tert-OH is 1. The highest BCUT2D eigenvalue weighted by atomic mass is 19.4. The van der Waals surface area contributed by atoms with Crippen LogP contribution >= 0.6 is 0 Å². The van der Waals surface area contributed by atoms with E-state index in [1.54, 1.807) is 0 Å². The zero-order chi connectivity index (χ0) is 13.6.